The van der Waals surface area contributed by atoms with E-state index in [4.69, 9.17) is 21.4 Å². The van der Waals surface area contributed by atoms with E-state index in [0.717, 1.165) is 0 Å². The molecule has 0 unspecified atom stereocenters. The van der Waals surface area contributed by atoms with Gasteiger partial charge in [-0.3, -0.25) is 9.59 Å². The van der Waals surface area contributed by atoms with Crippen molar-refractivity contribution in [1.29, 1.82) is 0 Å². The molecule has 1 amide bonds. The van der Waals surface area contributed by atoms with Crippen LogP contribution >= 0.6 is 11.6 Å². The van der Waals surface area contributed by atoms with Crippen molar-refractivity contribution in [2.75, 3.05) is 5.32 Å². The number of hydrogen-bond donors (Lipinski definition) is 2. The minimum atomic E-state index is -1.44. The molecule has 0 aliphatic carbocycles. The predicted octanol–water partition coefficient (Wildman–Crippen LogP) is 1.76. The van der Waals surface area contributed by atoms with E-state index in [0.29, 0.717) is 5.69 Å². The number of carbonyl (C=O) groups excluding carboxylic acids is 2. The van der Waals surface area contributed by atoms with Crippen LogP contribution in [0.5, 0.6) is 5.75 Å². The number of carbonyl (C=O) groups is 3. The number of carboxylic acids is 1. The fourth-order valence-electron chi connectivity index (χ4n) is 1.60. The van der Waals surface area contributed by atoms with Crippen molar-refractivity contribution in [1.82, 2.24) is 0 Å². The molecule has 1 aliphatic rings. The van der Waals surface area contributed by atoms with Crippen LogP contribution < -0.4 is 10.1 Å². The van der Waals surface area contributed by atoms with Crippen LogP contribution in [0, 0.1) is 0 Å². The molecular weight excluding hydrogens is 274 g/mol. The van der Waals surface area contributed by atoms with Crippen molar-refractivity contribution < 1.29 is 24.2 Å². The number of nitrogens with one attached hydrogen (secondary N) is 1. The van der Waals surface area contributed by atoms with E-state index in [2.05, 4.69) is 5.32 Å². The second-order valence-corrected chi connectivity index (χ2v) is 4.15. The molecule has 6 nitrogen and oxygen atoms in total. The maximum atomic E-state index is 11.9. The van der Waals surface area contributed by atoms with Crippen molar-refractivity contribution in [2.45, 2.75) is 6.92 Å². The Balaban J connectivity index is 2.41. The summed E-state index contributed by atoms with van der Waals surface area (Å²) in [5.74, 6) is -2.59. The van der Waals surface area contributed by atoms with Crippen LogP contribution in [0.15, 0.2) is 29.0 Å². The van der Waals surface area contributed by atoms with Crippen LogP contribution in [0.1, 0.15) is 17.3 Å². The third-order valence-electron chi connectivity index (χ3n) is 2.35. The zero-order valence-corrected chi connectivity index (χ0v) is 10.4. The summed E-state index contributed by atoms with van der Waals surface area (Å²) >= 11 is 5.50. The Morgan fingerprint density at radius 2 is 2.05 bits per heavy atom. The number of rotatable bonds is 2. The number of anilines is 1. The summed E-state index contributed by atoms with van der Waals surface area (Å²) in [4.78, 5) is 33.5. The van der Waals surface area contributed by atoms with Gasteiger partial charge in [-0.2, -0.15) is 0 Å². The fraction of sp³-hybridized carbons (Fsp3) is 0.0833. The van der Waals surface area contributed by atoms with Crippen molar-refractivity contribution in [3.05, 3.63) is 34.6 Å². The van der Waals surface area contributed by atoms with Gasteiger partial charge in [-0.15, -0.1) is 0 Å². The van der Waals surface area contributed by atoms with Gasteiger partial charge in [-0.05, 0) is 12.1 Å². The van der Waals surface area contributed by atoms with Gasteiger partial charge in [0.15, 0.2) is 5.03 Å². The van der Waals surface area contributed by atoms with Crippen LogP contribution in [0.4, 0.5) is 5.69 Å². The van der Waals surface area contributed by atoms with E-state index < -0.39 is 22.5 Å². The summed E-state index contributed by atoms with van der Waals surface area (Å²) in [6, 6.07) is 4.37. The Labute approximate surface area is 112 Å². The van der Waals surface area contributed by atoms with Gasteiger partial charge in [0.2, 0.25) is 17.4 Å². The van der Waals surface area contributed by atoms with E-state index in [9.17, 15) is 14.4 Å². The number of benzene rings is 1. The average molecular weight is 282 g/mol. The molecule has 1 heterocycles. The Morgan fingerprint density at radius 1 is 1.37 bits per heavy atom. The number of amides is 1. The number of fused-ring (bicyclic) bond motifs is 1. The third-order valence-corrected chi connectivity index (χ3v) is 2.69. The Kier molecular flexibility index (Phi) is 3.26. The molecular formula is C12H8ClNO5. The molecule has 7 heteroatoms. The van der Waals surface area contributed by atoms with Crippen LogP contribution in [0.25, 0.3) is 0 Å². The maximum Gasteiger partial charge on any atom is 0.351 e. The molecule has 0 saturated carbocycles. The van der Waals surface area contributed by atoms with E-state index in [1.54, 1.807) is 0 Å². The largest absolute Gasteiger partial charge is 0.477 e. The first-order valence-corrected chi connectivity index (χ1v) is 5.55. The van der Waals surface area contributed by atoms with Crippen LogP contribution in [0.2, 0.25) is 0 Å². The SMILES string of the molecule is CC(=O)Nc1ccc2c(c1)OC(=C(Cl)C(=O)O)C2=O. The molecule has 0 spiro atoms. The maximum absolute atomic E-state index is 11.9. The fourth-order valence-corrected chi connectivity index (χ4v) is 1.72. The first kappa shape index (κ1) is 13.1. The second-order valence-electron chi connectivity index (χ2n) is 3.77. The molecule has 1 aliphatic heterocycles. The summed E-state index contributed by atoms with van der Waals surface area (Å²) in [7, 11) is 0. The Bertz CT molecular complexity index is 635. The summed E-state index contributed by atoms with van der Waals surface area (Å²) in [6.07, 6.45) is 0. The molecule has 0 radical (unpaired) electrons. The number of Topliss-reactive ketones (excluding diaryl/α,β-unsaturated/α-hetero) is 1. The minimum absolute atomic E-state index is 0.158. The van der Waals surface area contributed by atoms with Crippen LogP contribution in [-0.2, 0) is 9.59 Å². The Morgan fingerprint density at radius 3 is 2.63 bits per heavy atom. The van der Waals surface area contributed by atoms with Gasteiger partial charge in [0, 0.05) is 18.7 Å². The molecule has 1 aromatic rings. The number of carboxylic acid groups (broad SMARTS) is 1. The van der Waals surface area contributed by atoms with Gasteiger partial charge < -0.3 is 15.2 Å². The summed E-state index contributed by atoms with van der Waals surface area (Å²) in [5.41, 5.74) is 0.634. The molecule has 2 N–H and O–H groups in total. The van der Waals surface area contributed by atoms with E-state index in [1.807, 2.05) is 0 Å². The normalized spacial score (nSPS) is 15.6. The topological polar surface area (TPSA) is 92.7 Å². The van der Waals surface area contributed by atoms with E-state index in [-0.39, 0.29) is 17.2 Å². The quantitative estimate of drug-likeness (QED) is 0.806. The zero-order chi connectivity index (χ0) is 14.2. The molecule has 98 valence electrons. The second kappa shape index (κ2) is 4.74. The molecule has 0 atom stereocenters. The van der Waals surface area contributed by atoms with Gasteiger partial charge in [0.1, 0.15) is 5.75 Å². The first-order chi connectivity index (χ1) is 8.90. The number of allylic oxidation sites excluding steroid dienone is 1. The van der Waals surface area contributed by atoms with Crippen molar-refractivity contribution in [3.63, 3.8) is 0 Å². The number of hydrogen-bond acceptors (Lipinski definition) is 4. The summed E-state index contributed by atoms with van der Waals surface area (Å²) < 4.78 is 5.13. The van der Waals surface area contributed by atoms with E-state index in [1.165, 1.54) is 25.1 Å². The smallest absolute Gasteiger partial charge is 0.351 e. The lowest BCUT2D eigenvalue weighted by Crippen LogP contribution is -2.07. The van der Waals surface area contributed by atoms with Gasteiger partial charge in [-0.25, -0.2) is 4.79 Å². The molecule has 0 saturated heterocycles. The van der Waals surface area contributed by atoms with Crippen molar-refractivity contribution in [3.8, 4) is 5.75 Å². The number of aliphatic carboxylic acids is 1. The lowest BCUT2D eigenvalue weighted by Gasteiger charge is -2.03. The lowest BCUT2D eigenvalue weighted by atomic mass is 10.1. The van der Waals surface area contributed by atoms with Gasteiger partial charge >= 0.3 is 5.97 Å². The van der Waals surface area contributed by atoms with Crippen molar-refractivity contribution in [2.24, 2.45) is 0 Å². The molecule has 1 aromatic carbocycles. The van der Waals surface area contributed by atoms with Gasteiger partial charge in [0.25, 0.3) is 0 Å². The molecule has 2 rings (SSSR count). The summed E-state index contributed by atoms with van der Waals surface area (Å²) in [6.45, 7) is 1.34. The van der Waals surface area contributed by atoms with Gasteiger partial charge in [-0.1, -0.05) is 11.6 Å². The van der Waals surface area contributed by atoms with E-state index >= 15 is 0 Å². The number of halogens is 1. The Hall–Kier alpha value is -2.34. The molecule has 0 bridgehead atoms. The lowest BCUT2D eigenvalue weighted by molar-refractivity contribution is -0.132. The standard InChI is InChI=1S/C12H8ClNO5/c1-5(15)14-6-2-3-7-8(4-6)19-11(10(7)16)9(13)12(17)18/h2-4H,1H3,(H,14,15)(H,17,18). The highest BCUT2D eigenvalue weighted by atomic mass is 35.5. The summed E-state index contributed by atoms with van der Waals surface area (Å²) in [5, 5.41) is 10.6. The van der Waals surface area contributed by atoms with Crippen LogP contribution in [0.3, 0.4) is 0 Å². The molecule has 19 heavy (non-hydrogen) atoms. The monoisotopic (exact) mass is 281 g/mol. The van der Waals surface area contributed by atoms with Gasteiger partial charge in [0.05, 0.1) is 5.56 Å². The van der Waals surface area contributed by atoms with Crippen molar-refractivity contribution >= 4 is 34.9 Å². The predicted molar refractivity (Wildman–Crippen MR) is 66.2 cm³/mol. The zero-order valence-electron chi connectivity index (χ0n) is 9.69. The number of ketones is 1. The number of ether oxygens (including phenoxy) is 1. The minimum Gasteiger partial charge on any atom is -0.477 e. The highest BCUT2D eigenvalue weighted by Crippen LogP contribution is 2.35. The highest BCUT2D eigenvalue weighted by Gasteiger charge is 2.32. The highest BCUT2D eigenvalue weighted by molar-refractivity contribution is 6.43. The average Bonchev–Trinajstić information content (AvgIpc) is 2.64. The first-order valence-electron chi connectivity index (χ1n) is 5.17. The van der Waals surface area contributed by atoms with Crippen LogP contribution in [-0.4, -0.2) is 22.8 Å². The molecule has 0 fully saturated rings. The molecule has 0 aromatic heterocycles. The third kappa shape index (κ3) is 2.43.